The van der Waals surface area contributed by atoms with Crippen LogP contribution in [0.5, 0.6) is 0 Å². The molecule has 0 spiro atoms. The van der Waals surface area contributed by atoms with Crippen molar-refractivity contribution < 1.29 is 24.5 Å². The molecule has 0 saturated heterocycles. The predicted octanol–water partition coefficient (Wildman–Crippen LogP) is 3.59. The Morgan fingerprint density at radius 1 is 1.29 bits per heavy atom. The molecule has 0 aromatic heterocycles. The second kappa shape index (κ2) is 10.4. The maximum Gasteiger partial charge on any atom is 0.308 e. The summed E-state index contributed by atoms with van der Waals surface area (Å²) in [5.74, 6) is -0.180. The van der Waals surface area contributed by atoms with Crippen molar-refractivity contribution >= 4 is 11.8 Å². The number of carbonyl (C=O) groups excluding carboxylic acids is 2. The summed E-state index contributed by atoms with van der Waals surface area (Å²) in [5, 5.41) is 20.8. The van der Waals surface area contributed by atoms with Gasteiger partial charge in [-0.15, -0.1) is 0 Å². The third kappa shape index (κ3) is 6.56. The van der Waals surface area contributed by atoms with E-state index >= 15 is 0 Å². The van der Waals surface area contributed by atoms with Gasteiger partial charge < -0.3 is 14.9 Å². The molecule has 0 bridgehead atoms. The highest BCUT2D eigenvalue weighted by Crippen LogP contribution is 2.42. The molecule has 2 aliphatic rings. The minimum absolute atomic E-state index is 0.0233. The van der Waals surface area contributed by atoms with Gasteiger partial charge in [-0.25, -0.2) is 0 Å². The molecule has 5 nitrogen and oxygen atoms in total. The summed E-state index contributed by atoms with van der Waals surface area (Å²) in [4.78, 5) is 23.7. The highest BCUT2D eigenvalue weighted by Gasteiger charge is 2.43. The largest absolute Gasteiger partial charge is 0.469 e. The van der Waals surface area contributed by atoms with E-state index in [9.17, 15) is 19.8 Å². The smallest absolute Gasteiger partial charge is 0.308 e. The second-order valence-electron chi connectivity index (χ2n) is 8.66. The third-order valence-electron chi connectivity index (χ3n) is 6.12. The van der Waals surface area contributed by atoms with Crippen LogP contribution < -0.4 is 0 Å². The normalized spacial score (nSPS) is 32.2. The fourth-order valence-corrected chi connectivity index (χ4v) is 4.12. The Labute approximate surface area is 168 Å². The Morgan fingerprint density at radius 3 is 2.68 bits per heavy atom. The van der Waals surface area contributed by atoms with Crippen molar-refractivity contribution in [2.75, 3.05) is 7.11 Å². The number of Topliss-reactive ketones (excluding diaryl/α,β-unsaturated/α-hetero) is 1. The van der Waals surface area contributed by atoms with Crippen LogP contribution in [-0.4, -0.2) is 40.8 Å². The minimum Gasteiger partial charge on any atom is -0.469 e. The molecule has 2 fully saturated rings. The SMILES string of the molecule is CCCCC[C@@](C)(O)/C=C/[C@H]1[C@H](O)CC(=O)[C@@H]1C/C=C\C[C@@H]1C[C@H]1C(=O)OC. The van der Waals surface area contributed by atoms with Crippen LogP contribution in [0.4, 0.5) is 0 Å². The summed E-state index contributed by atoms with van der Waals surface area (Å²) in [6, 6.07) is 0. The topological polar surface area (TPSA) is 83.8 Å². The van der Waals surface area contributed by atoms with Gasteiger partial charge in [-0.1, -0.05) is 50.5 Å². The first kappa shape index (κ1) is 22.8. The van der Waals surface area contributed by atoms with Gasteiger partial charge >= 0.3 is 5.97 Å². The Morgan fingerprint density at radius 2 is 2.00 bits per heavy atom. The molecule has 0 unspecified atom stereocenters. The molecule has 0 amide bonds. The first-order chi connectivity index (χ1) is 13.3. The fourth-order valence-electron chi connectivity index (χ4n) is 4.12. The Hall–Kier alpha value is -1.46. The van der Waals surface area contributed by atoms with Crippen molar-refractivity contribution in [3.8, 4) is 0 Å². The van der Waals surface area contributed by atoms with Crippen molar-refractivity contribution in [3.05, 3.63) is 24.3 Å². The van der Waals surface area contributed by atoms with Crippen molar-refractivity contribution in [3.63, 3.8) is 0 Å². The molecule has 6 atom stereocenters. The number of hydrogen-bond acceptors (Lipinski definition) is 5. The summed E-state index contributed by atoms with van der Waals surface area (Å²) >= 11 is 0. The lowest BCUT2D eigenvalue weighted by molar-refractivity contribution is -0.142. The highest BCUT2D eigenvalue weighted by atomic mass is 16.5. The Balaban J connectivity index is 1.86. The van der Waals surface area contributed by atoms with Gasteiger partial charge in [0.15, 0.2) is 0 Å². The number of hydrogen-bond donors (Lipinski definition) is 2. The number of aliphatic hydroxyl groups excluding tert-OH is 1. The van der Waals surface area contributed by atoms with E-state index in [1.165, 1.54) is 7.11 Å². The number of ketones is 1. The summed E-state index contributed by atoms with van der Waals surface area (Å²) in [5.41, 5.74) is -0.907. The van der Waals surface area contributed by atoms with Gasteiger partial charge in [-0.05, 0) is 38.5 Å². The summed E-state index contributed by atoms with van der Waals surface area (Å²) in [6.45, 7) is 3.91. The predicted molar refractivity (Wildman–Crippen MR) is 109 cm³/mol. The molecular formula is C23H36O5. The van der Waals surface area contributed by atoms with E-state index in [4.69, 9.17) is 4.74 Å². The van der Waals surface area contributed by atoms with Crippen LogP contribution in [0.3, 0.4) is 0 Å². The van der Waals surface area contributed by atoms with Crippen LogP contribution >= 0.6 is 0 Å². The summed E-state index contributed by atoms with van der Waals surface area (Å²) in [7, 11) is 1.42. The zero-order chi connectivity index (χ0) is 20.7. The molecule has 0 aliphatic heterocycles. The molecule has 0 aromatic carbocycles. The van der Waals surface area contributed by atoms with Gasteiger partial charge in [-0.2, -0.15) is 0 Å². The van der Waals surface area contributed by atoms with Crippen LogP contribution in [0, 0.1) is 23.7 Å². The molecule has 2 saturated carbocycles. The number of rotatable bonds is 11. The molecule has 0 heterocycles. The Kier molecular flexibility index (Phi) is 8.44. The average molecular weight is 393 g/mol. The zero-order valence-electron chi connectivity index (χ0n) is 17.5. The number of carbonyl (C=O) groups is 2. The minimum atomic E-state index is -0.907. The Bertz CT molecular complexity index is 592. The van der Waals surface area contributed by atoms with E-state index in [0.717, 1.165) is 32.1 Å². The van der Waals surface area contributed by atoms with Crippen molar-refractivity contribution in [2.45, 2.75) is 76.9 Å². The van der Waals surface area contributed by atoms with Crippen LogP contribution in [0.1, 0.15) is 65.2 Å². The maximum absolute atomic E-state index is 12.3. The fraction of sp³-hybridized carbons (Fsp3) is 0.739. The van der Waals surface area contributed by atoms with Gasteiger partial charge in [0.25, 0.3) is 0 Å². The lowest BCUT2D eigenvalue weighted by atomic mass is 9.88. The highest BCUT2D eigenvalue weighted by molar-refractivity contribution is 5.84. The molecular weight excluding hydrogens is 356 g/mol. The van der Waals surface area contributed by atoms with Crippen LogP contribution in [0.2, 0.25) is 0 Å². The third-order valence-corrected chi connectivity index (χ3v) is 6.12. The number of aliphatic hydroxyl groups is 2. The van der Waals surface area contributed by atoms with Crippen molar-refractivity contribution in [1.82, 2.24) is 0 Å². The van der Waals surface area contributed by atoms with Gasteiger partial charge in [0.1, 0.15) is 5.78 Å². The van der Waals surface area contributed by atoms with E-state index in [1.54, 1.807) is 13.0 Å². The molecule has 158 valence electrons. The molecule has 2 aliphatic carbocycles. The lowest BCUT2D eigenvalue weighted by Crippen LogP contribution is -2.23. The first-order valence-corrected chi connectivity index (χ1v) is 10.6. The van der Waals surface area contributed by atoms with Crippen molar-refractivity contribution in [2.24, 2.45) is 23.7 Å². The molecule has 0 aromatic rings. The standard InChI is InChI=1S/C23H36O5/c1-4-5-8-12-23(2,27)13-11-18-17(20(24)15-21(18)25)10-7-6-9-16-14-19(16)22(26)28-3/h6-7,11,13,16-19,21,25,27H,4-5,8-10,12,14-15H2,1-3H3/b7-6-,13-11+/t16-,17-,18-,19-,21-,23-/m1/s1. The van der Waals surface area contributed by atoms with Gasteiger partial charge in [-0.3, -0.25) is 9.59 Å². The lowest BCUT2D eigenvalue weighted by Gasteiger charge is -2.21. The molecule has 28 heavy (non-hydrogen) atoms. The quantitative estimate of drug-likeness (QED) is 0.319. The van der Waals surface area contributed by atoms with Gasteiger partial charge in [0, 0.05) is 18.3 Å². The van der Waals surface area contributed by atoms with Crippen LogP contribution in [-0.2, 0) is 14.3 Å². The summed E-state index contributed by atoms with van der Waals surface area (Å²) in [6.07, 6.45) is 13.2. The molecule has 2 N–H and O–H groups in total. The van der Waals surface area contributed by atoms with Crippen molar-refractivity contribution in [1.29, 1.82) is 0 Å². The van der Waals surface area contributed by atoms with Crippen LogP contribution in [0.25, 0.3) is 0 Å². The number of esters is 1. The van der Waals surface area contributed by atoms with E-state index < -0.39 is 11.7 Å². The second-order valence-corrected chi connectivity index (χ2v) is 8.66. The number of unbranched alkanes of at least 4 members (excludes halogenated alkanes) is 2. The van der Waals surface area contributed by atoms with E-state index in [2.05, 4.69) is 6.92 Å². The number of ether oxygens (including phenoxy) is 1. The van der Waals surface area contributed by atoms with Crippen LogP contribution in [0.15, 0.2) is 24.3 Å². The maximum atomic E-state index is 12.3. The summed E-state index contributed by atoms with van der Waals surface area (Å²) < 4.78 is 4.75. The molecule has 5 heteroatoms. The number of methoxy groups -OCH3 is 1. The van der Waals surface area contributed by atoms with E-state index in [0.29, 0.717) is 18.8 Å². The monoisotopic (exact) mass is 392 g/mol. The van der Waals surface area contributed by atoms with Gasteiger partial charge in [0.05, 0.1) is 24.7 Å². The zero-order valence-corrected chi connectivity index (χ0v) is 17.5. The number of allylic oxidation sites excluding steroid dienone is 2. The van der Waals surface area contributed by atoms with E-state index in [1.807, 2.05) is 18.2 Å². The van der Waals surface area contributed by atoms with Gasteiger partial charge in [0.2, 0.25) is 0 Å². The average Bonchev–Trinajstić information content (AvgIpc) is 3.36. The first-order valence-electron chi connectivity index (χ1n) is 10.6. The van der Waals surface area contributed by atoms with E-state index in [-0.39, 0.29) is 35.9 Å². The molecule has 0 radical (unpaired) electrons. The molecule has 2 rings (SSSR count).